The quantitative estimate of drug-likeness (QED) is 0.365. The van der Waals surface area contributed by atoms with Crippen molar-refractivity contribution in [2.75, 3.05) is 0 Å². The van der Waals surface area contributed by atoms with Crippen molar-refractivity contribution in [3.8, 4) is 6.07 Å². The molecule has 26 heavy (non-hydrogen) atoms. The Labute approximate surface area is 148 Å². The number of nitrogens with zero attached hydrogens (tertiary/aromatic N) is 5. The van der Waals surface area contributed by atoms with Crippen LogP contribution in [0.3, 0.4) is 0 Å². The van der Waals surface area contributed by atoms with Gasteiger partial charge in [0.2, 0.25) is 0 Å². The molecule has 3 aromatic rings. The molecule has 0 aliphatic rings. The Bertz CT molecular complexity index is 1010. The highest BCUT2D eigenvalue weighted by Crippen LogP contribution is 2.26. The summed E-state index contributed by atoms with van der Waals surface area (Å²) in [5.74, 6) is 0.217. The molecular weight excluding hydrogens is 334 g/mol. The third-order valence-corrected chi connectivity index (χ3v) is 3.87. The summed E-state index contributed by atoms with van der Waals surface area (Å²) in [6.45, 7) is 4.07. The zero-order chi connectivity index (χ0) is 18.7. The maximum atomic E-state index is 11.1. The van der Waals surface area contributed by atoms with Crippen molar-refractivity contribution in [2.45, 2.75) is 19.9 Å². The second kappa shape index (κ2) is 7.16. The van der Waals surface area contributed by atoms with Gasteiger partial charge in [0, 0.05) is 6.08 Å². The van der Waals surface area contributed by atoms with Gasteiger partial charge in [0.05, 0.1) is 28.9 Å². The number of H-pyrrole nitrogens is 1. The molecule has 0 radical (unpaired) electrons. The van der Waals surface area contributed by atoms with Crippen molar-refractivity contribution >= 4 is 23.0 Å². The summed E-state index contributed by atoms with van der Waals surface area (Å²) in [5.41, 5.74) is 4.10. The zero-order valence-corrected chi connectivity index (χ0v) is 14.2. The summed E-state index contributed by atoms with van der Waals surface area (Å²) >= 11 is 0. The average molecular weight is 351 g/mol. The van der Waals surface area contributed by atoms with Crippen LogP contribution in [0, 0.1) is 17.2 Å². The van der Waals surface area contributed by atoms with Gasteiger partial charge in [0.25, 0.3) is 5.91 Å². The van der Waals surface area contributed by atoms with Crippen LogP contribution in [0.4, 0.5) is 0 Å². The number of aromatic amines is 1. The summed E-state index contributed by atoms with van der Waals surface area (Å²) in [5, 5.41) is 25.7. The van der Waals surface area contributed by atoms with E-state index >= 15 is 0 Å². The van der Waals surface area contributed by atoms with Crippen LogP contribution in [0.25, 0.3) is 17.1 Å². The van der Waals surface area contributed by atoms with Crippen LogP contribution in [-0.4, -0.2) is 36.1 Å². The molecule has 3 rings (SSSR count). The van der Waals surface area contributed by atoms with Gasteiger partial charge in [-0.15, -0.1) is 5.10 Å². The second-order valence-corrected chi connectivity index (χ2v) is 6.09. The number of nitrogens with one attached hydrogen (secondary N) is 2. The number of hydrogen-bond acceptors (Lipinski definition) is 6. The van der Waals surface area contributed by atoms with Gasteiger partial charge in [-0.2, -0.15) is 5.26 Å². The van der Waals surface area contributed by atoms with E-state index in [1.54, 1.807) is 29.1 Å². The number of fused-ring (bicyclic) bond motifs is 1. The lowest BCUT2D eigenvalue weighted by molar-refractivity contribution is -0.124. The van der Waals surface area contributed by atoms with Gasteiger partial charge in [-0.05, 0) is 30.2 Å². The van der Waals surface area contributed by atoms with Crippen LogP contribution in [0.2, 0.25) is 0 Å². The Hall–Kier alpha value is -3.51. The SMILES string of the molecule is CC(C)C(c1nc2ccc(C#N)cc2[nH]1)n1cc(/C=C/C(=O)NO)nn1. The Morgan fingerprint density at radius 2 is 2.27 bits per heavy atom. The van der Waals surface area contributed by atoms with Gasteiger partial charge in [-0.3, -0.25) is 10.0 Å². The lowest BCUT2D eigenvalue weighted by Crippen LogP contribution is -2.18. The summed E-state index contributed by atoms with van der Waals surface area (Å²) in [6, 6.07) is 7.19. The normalized spacial score (nSPS) is 12.6. The standard InChI is InChI=1S/C17H17N7O2/c1-10(2)16(24-9-12(21-23-24)4-6-15(25)22-26)17-19-13-5-3-11(8-18)7-14(13)20-17/h3-7,9-10,16,26H,1-2H3,(H,19,20)(H,22,25)/b6-4+. The highest BCUT2D eigenvalue weighted by atomic mass is 16.5. The molecule has 0 saturated heterocycles. The lowest BCUT2D eigenvalue weighted by Gasteiger charge is -2.18. The predicted molar refractivity (Wildman–Crippen MR) is 92.8 cm³/mol. The number of benzene rings is 1. The highest BCUT2D eigenvalue weighted by Gasteiger charge is 2.23. The number of carbonyl (C=O) groups excluding carboxylic acids is 1. The minimum Gasteiger partial charge on any atom is -0.340 e. The molecule has 0 bridgehead atoms. The number of nitriles is 1. The Morgan fingerprint density at radius 3 is 2.96 bits per heavy atom. The van der Waals surface area contributed by atoms with E-state index < -0.39 is 5.91 Å². The lowest BCUT2D eigenvalue weighted by atomic mass is 10.0. The predicted octanol–water partition coefficient (Wildman–Crippen LogP) is 1.79. The van der Waals surface area contributed by atoms with Crippen molar-refractivity contribution in [3.05, 3.63) is 47.6 Å². The number of aromatic nitrogens is 5. The third kappa shape index (κ3) is 3.45. The molecule has 3 N–H and O–H groups in total. The molecule has 1 atom stereocenters. The van der Waals surface area contributed by atoms with Gasteiger partial charge in [0.1, 0.15) is 17.6 Å². The van der Waals surface area contributed by atoms with Gasteiger partial charge in [-0.1, -0.05) is 19.1 Å². The molecule has 9 heteroatoms. The zero-order valence-electron chi connectivity index (χ0n) is 14.2. The molecule has 1 amide bonds. The number of amides is 1. The summed E-state index contributed by atoms with van der Waals surface area (Å²) < 4.78 is 1.67. The van der Waals surface area contributed by atoms with Crippen LogP contribution >= 0.6 is 0 Å². The summed E-state index contributed by atoms with van der Waals surface area (Å²) in [4.78, 5) is 18.9. The molecule has 0 fully saturated rings. The Morgan fingerprint density at radius 1 is 1.46 bits per heavy atom. The minimum atomic E-state index is -0.648. The van der Waals surface area contributed by atoms with Crippen molar-refractivity contribution in [1.29, 1.82) is 5.26 Å². The van der Waals surface area contributed by atoms with Crippen LogP contribution in [-0.2, 0) is 4.79 Å². The fraction of sp³-hybridized carbons (Fsp3) is 0.235. The van der Waals surface area contributed by atoms with E-state index in [9.17, 15) is 4.79 Å². The Kier molecular flexibility index (Phi) is 4.77. The second-order valence-electron chi connectivity index (χ2n) is 6.09. The molecule has 0 saturated carbocycles. The van der Waals surface area contributed by atoms with Gasteiger partial charge < -0.3 is 4.98 Å². The van der Waals surface area contributed by atoms with Crippen molar-refractivity contribution < 1.29 is 10.0 Å². The van der Waals surface area contributed by atoms with E-state index in [0.29, 0.717) is 17.1 Å². The minimum absolute atomic E-state index is 0.158. The smallest absolute Gasteiger partial charge is 0.267 e. The van der Waals surface area contributed by atoms with Crippen molar-refractivity contribution in [1.82, 2.24) is 30.4 Å². The monoisotopic (exact) mass is 351 g/mol. The molecular formula is C17H17N7O2. The molecule has 2 heterocycles. The Balaban J connectivity index is 1.95. The molecule has 2 aromatic heterocycles. The van der Waals surface area contributed by atoms with E-state index in [4.69, 9.17) is 10.5 Å². The molecule has 0 aliphatic heterocycles. The van der Waals surface area contributed by atoms with Crippen molar-refractivity contribution in [2.24, 2.45) is 5.92 Å². The van der Waals surface area contributed by atoms with Crippen LogP contribution in [0.1, 0.15) is 37.0 Å². The first-order chi connectivity index (χ1) is 12.5. The maximum absolute atomic E-state index is 11.1. The average Bonchev–Trinajstić information content (AvgIpc) is 3.25. The molecule has 132 valence electrons. The van der Waals surface area contributed by atoms with Crippen LogP contribution in [0.15, 0.2) is 30.5 Å². The summed E-state index contributed by atoms with van der Waals surface area (Å²) in [6.07, 6.45) is 4.30. The highest BCUT2D eigenvalue weighted by molar-refractivity contribution is 5.90. The van der Waals surface area contributed by atoms with Crippen molar-refractivity contribution in [3.63, 3.8) is 0 Å². The van der Waals surface area contributed by atoms with E-state index in [0.717, 1.165) is 17.1 Å². The molecule has 0 aliphatic carbocycles. The largest absolute Gasteiger partial charge is 0.340 e. The van der Waals surface area contributed by atoms with Crippen LogP contribution in [0.5, 0.6) is 0 Å². The fourth-order valence-corrected chi connectivity index (χ4v) is 2.69. The first-order valence-electron chi connectivity index (χ1n) is 7.95. The number of hydroxylamine groups is 1. The molecule has 1 unspecified atom stereocenters. The van der Waals surface area contributed by atoms with E-state index in [-0.39, 0.29) is 12.0 Å². The third-order valence-electron chi connectivity index (χ3n) is 3.87. The molecule has 9 nitrogen and oxygen atoms in total. The van der Waals surface area contributed by atoms with E-state index in [1.807, 2.05) is 13.8 Å². The topological polar surface area (TPSA) is 133 Å². The number of carbonyl (C=O) groups is 1. The summed E-state index contributed by atoms with van der Waals surface area (Å²) in [7, 11) is 0. The maximum Gasteiger partial charge on any atom is 0.267 e. The fourth-order valence-electron chi connectivity index (χ4n) is 2.69. The van der Waals surface area contributed by atoms with Gasteiger partial charge in [-0.25, -0.2) is 15.1 Å². The van der Waals surface area contributed by atoms with Gasteiger partial charge >= 0.3 is 0 Å². The number of hydrogen-bond donors (Lipinski definition) is 3. The van der Waals surface area contributed by atoms with E-state index in [1.165, 1.54) is 11.6 Å². The molecule has 1 aromatic carbocycles. The van der Waals surface area contributed by atoms with Gasteiger partial charge in [0.15, 0.2) is 0 Å². The first kappa shape index (κ1) is 17.3. The van der Waals surface area contributed by atoms with E-state index in [2.05, 4.69) is 26.3 Å². The number of imidazole rings is 1. The first-order valence-corrected chi connectivity index (χ1v) is 7.95. The van der Waals surface area contributed by atoms with Crippen LogP contribution < -0.4 is 5.48 Å². The molecule has 0 spiro atoms. The number of rotatable bonds is 5.